The van der Waals surface area contributed by atoms with Gasteiger partial charge in [0.05, 0.1) is 21.3 Å². The molecule has 1 aliphatic rings. The largest absolute Gasteiger partial charge is 0.393 e. The average Bonchev–Trinajstić information content (AvgIpc) is 2.78. The molecule has 0 spiro atoms. The first-order valence-corrected chi connectivity index (χ1v) is 7.79. The van der Waals surface area contributed by atoms with Gasteiger partial charge >= 0.3 is 0 Å². The van der Waals surface area contributed by atoms with Crippen LogP contribution in [0.3, 0.4) is 0 Å². The van der Waals surface area contributed by atoms with Crippen LogP contribution in [0.1, 0.15) is 30.7 Å². The highest BCUT2D eigenvalue weighted by Gasteiger charge is 2.25. The van der Waals surface area contributed by atoms with Crippen molar-refractivity contribution >= 4 is 33.1 Å². The van der Waals surface area contributed by atoms with E-state index in [2.05, 4.69) is 10.3 Å². The Kier molecular flexibility index (Phi) is 3.72. The highest BCUT2D eigenvalue weighted by atomic mass is 32.1. The molecule has 0 atom stereocenters. The van der Waals surface area contributed by atoms with Crippen LogP contribution in [-0.2, 0) is 4.79 Å². The van der Waals surface area contributed by atoms with E-state index in [1.807, 2.05) is 25.1 Å². The summed E-state index contributed by atoms with van der Waals surface area (Å²) in [4.78, 5) is 16.6. The molecule has 2 aromatic rings. The predicted molar refractivity (Wildman–Crippen MR) is 81.0 cm³/mol. The van der Waals surface area contributed by atoms with E-state index in [0.717, 1.165) is 46.6 Å². The molecule has 1 aromatic carbocycles. The zero-order chi connectivity index (χ0) is 14.1. The molecule has 0 unspecified atom stereocenters. The summed E-state index contributed by atoms with van der Waals surface area (Å²) < 4.78 is 1.14. The quantitative estimate of drug-likeness (QED) is 0.893. The van der Waals surface area contributed by atoms with Gasteiger partial charge in [-0.25, -0.2) is 4.98 Å². The van der Waals surface area contributed by atoms with Gasteiger partial charge in [-0.2, -0.15) is 0 Å². The van der Waals surface area contributed by atoms with Crippen LogP contribution in [0.2, 0.25) is 0 Å². The lowest BCUT2D eigenvalue weighted by Crippen LogP contribution is -2.28. The van der Waals surface area contributed by atoms with Crippen LogP contribution in [0.5, 0.6) is 0 Å². The molecule has 1 amide bonds. The third kappa shape index (κ3) is 2.83. The molecule has 20 heavy (non-hydrogen) atoms. The van der Waals surface area contributed by atoms with Crippen LogP contribution in [0.15, 0.2) is 18.2 Å². The first-order chi connectivity index (χ1) is 9.61. The van der Waals surface area contributed by atoms with Gasteiger partial charge in [-0.1, -0.05) is 0 Å². The van der Waals surface area contributed by atoms with Crippen LogP contribution in [-0.4, -0.2) is 22.1 Å². The second-order valence-electron chi connectivity index (χ2n) is 5.41. The van der Waals surface area contributed by atoms with E-state index in [9.17, 15) is 9.90 Å². The number of nitrogens with zero attached hydrogens (tertiary/aromatic N) is 1. The summed E-state index contributed by atoms with van der Waals surface area (Å²) >= 11 is 1.66. The van der Waals surface area contributed by atoms with Crippen molar-refractivity contribution in [3.63, 3.8) is 0 Å². The minimum absolute atomic E-state index is 0.0197. The maximum Gasteiger partial charge on any atom is 0.227 e. The third-order valence-electron chi connectivity index (χ3n) is 3.83. The number of aromatic nitrogens is 1. The fourth-order valence-electron chi connectivity index (χ4n) is 2.70. The van der Waals surface area contributed by atoms with E-state index in [4.69, 9.17) is 0 Å². The van der Waals surface area contributed by atoms with E-state index < -0.39 is 0 Å². The SMILES string of the molecule is Cc1nc2cc(NC(=O)C3CCC(O)CC3)ccc2s1. The van der Waals surface area contributed by atoms with Crippen LogP contribution in [0, 0.1) is 12.8 Å². The van der Waals surface area contributed by atoms with E-state index in [-0.39, 0.29) is 17.9 Å². The van der Waals surface area contributed by atoms with Crippen molar-refractivity contribution in [2.45, 2.75) is 38.7 Å². The molecule has 0 radical (unpaired) electrons. The van der Waals surface area contributed by atoms with Gasteiger partial charge in [-0.3, -0.25) is 4.79 Å². The van der Waals surface area contributed by atoms with E-state index in [1.54, 1.807) is 11.3 Å². The number of thiazole rings is 1. The maximum absolute atomic E-state index is 12.2. The topological polar surface area (TPSA) is 62.2 Å². The van der Waals surface area contributed by atoms with E-state index in [0.29, 0.717) is 0 Å². The van der Waals surface area contributed by atoms with Crippen molar-refractivity contribution in [3.8, 4) is 0 Å². The number of fused-ring (bicyclic) bond motifs is 1. The van der Waals surface area contributed by atoms with Gasteiger partial charge in [-0.05, 0) is 50.8 Å². The lowest BCUT2D eigenvalue weighted by molar-refractivity contribution is -0.121. The molecule has 2 N–H and O–H groups in total. The summed E-state index contributed by atoms with van der Waals surface area (Å²) in [6, 6.07) is 5.85. The lowest BCUT2D eigenvalue weighted by atomic mass is 9.87. The highest BCUT2D eigenvalue weighted by molar-refractivity contribution is 7.18. The van der Waals surface area contributed by atoms with Crippen molar-refractivity contribution in [2.75, 3.05) is 5.32 Å². The van der Waals surface area contributed by atoms with Crippen LogP contribution < -0.4 is 5.32 Å². The summed E-state index contributed by atoms with van der Waals surface area (Å²) in [6.07, 6.45) is 2.76. The fourth-order valence-corrected chi connectivity index (χ4v) is 3.51. The van der Waals surface area contributed by atoms with Gasteiger partial charge in [0.1, 0.15) is 0 Å². The Balaban J connectivity index is 1.70. The number of anilines is 1. The smallest absolute Gasteiger partial charge is 0.227 e. The standard InChI is InChI=1S/C15H18N2O2S/c1-9-16-13-8-11(4-7-14(13)20-9)17-15(19)10-2-5-12(18)6-3-10/h4,7-8,10,12,18H,2-3,5-6H2,1H3,(H,17,19). The molecule has 0 saturated heterocycles. The number of rotatable bonds is 2. The third-order valence-corrected chi connectivity index (χ3v) is 4.78. The van der Waals surface area contributed by atoms with Gasteiger partial charge in [0.15, 0.2) is 0 Å². The molecule has 4 nitrogen and oxygen atoms in total. The molecule has 0 bridgehead atoms. The number of carbonyl (C=O) groups is 1. The normalized spacial score (nSPS) is 22.9. The molecule has 1 aromatic heterocycles. The maximum atomic E-state index is 12.2. The minimum atomic E-state index is -0.228. The second-order valence-corrected chi connectivity index (χ2v) is 6.64. The first-order valence-electron chi connectivity index (χ1n) is 6.98. The Labute approximate surface area is 121 Å². The highest BCUT2D eigenvalue weighted by Crippen LogP contribution is 2.27. The van der Waals surface area contributed by atoms with Gasteiger partial charge in [0.2, 0.25) is 5.91 Å². The van der Waals surface area contributed by atoms with E-state index in [1.165, 1.54) is 0 Å². The Morgan fingerprint density at radius 3 is 2.85 bits per heavy atom. The Bertz CT molecular complexity index is 630. The van der Waals surface area contributed by atoms with Gasteiger partial charge < -0.3 is 10.4 Å². The monoisotopic (exact) mass is 290 g/mol. The van der Waals surface area contributed by atoms with Gasteiger partial charge in [0.25, 0.3) is 0 Å². The molecule has 1 aliphatic carbocycles. The minimum Gasteiger partial charge on any atom is -0.393 e. The van der Waals surface area contributed by atoms with E-state index >= 15 is 0 Å². The Hall–Kier alpha value is -1.46. The number of aliphatic hydroxyl groups excluding tert-OH is 1. The fraction of sp³-hybridized carbons (Fsp3) is 0.467. The van der Waals surface area contributed by atoms with Gasteiger partial charge in [-0.15, -0.1) is 11.3 Å². The predicted octanol–water partition coefficient (Wildman–Crippen LogP) is 3.09. The van der Waals surface area contributed by atoms with Crippen molar-refractivity contribution in [2.24, 2.45) is 5.92 Å². The number of carbonyl (C=O) groups excluding carboxylic acids is 1. The zero-order valence-corrected chi connectivity index (χ0v) is 12.2. The molecular formula is C15H18N2O2S. The van der Waals surface area contributed by atoms with Crippen LogP contribution in [0.4, 0.5) is 5.69 Å². The summed E-state index contributed by atoms with van der Waals surface area (Å²) in [6.45, 7) is 1.98. The number of hydrogen-bond acceptors (Lipinski definition) is 4. The van der Waals surface area contributed by atoms with Crippen molar-refractivity contribution in [1.29, 1.82) is 0 Å². The first kappa shape index (κ1) is 13.5. The van der Waals surface area contributed by atoms with Crippen LogP contribution in [0.25, 0.3) is 10.2 Å². The van der Waals surface area contributed by atoms with Crippen molar-refractivity contribution in [1.82, 2.24) is 4.98 Å². The number of nitrogens with one attached hydrogen (secondary N) is 1. The Morgan fingerprint density at radius 2 is 2.10 bits per heavy atom. The van der Waals surface area contributed by atoms with Crippen molar-refractivity contribution < 1.29 is 9.90 Å². The number of benzene rings is 1. The van der Waals surface area contributed by atoms with Crippen LogP contribution >= 0.6 is 11.3 Å². The molecule has 1 saturated carbocycles. The average molecular weight is 290 g/mol. The summed E-state index contributed by atoms with van der Waals surface area (Å²) in [5.74, 6) is 0.0782. The molecule has 1 fully saturated rings. The van der Waals surface area contributed by atoms with Crippen molar-refractivity contribution in [3.05, 3.63) is 23.2 Å². The lowest BCUT2D eigenvalue weighted by Gasteiger charge is -2.24. The second kappa shape index (κ2) is 5.50. The summed E-state index contributed by atoms with van der Waals surface area (Å²) in [5, 5.41) is 13.5. The molecule has 3 rings (SSSR count). The zero-order valence-electron chi connectivity index (χ0n) is 11.4. The van der Waals surface area contributed by atoms with Gasteiger partial charge in [0, 0.05) is 11.6 Å². The number of hydrogen-bond donors (Lipinski definition) is 2. The summed E-state index contributed by atoms with van der Waals surface area (Å²) in [5.41, 5.74) is 1.74. The molecule has 1 heterocycles. The number of amides is 1. The molecule has 0 aliphatic heterocycles. The Morgan fingerprint density at radius 1 is 1.35 bits per heavy atom. The molecule has 106 valence electrons. The number of aliphatic hydroxyl groups is 1. The molecule has 5 heteroatoms. The summed E-state index contributed by atoms with van der Waals surface area (Å²) in [7, 11) is 0. The molecular weight excluding hydrogens is 272 g/mol. The number of aryl methyl sites for hydroxylation is 1.